The largest absolute Gasteiger partial charge is 0.382 e. The van der Waals surface area contributed by atoms with E-state index in [2.05, 4.69) is 20.5 Å². The summed E-state index contributed by atoms with van der Waals surface area (Å²) in [6.45, 7) is 0.884. The molecule has 122 valence electrons. The molecule has 0 atom stereocenters. The number of nitrogens with zero attached hydrogens (tertiary/aromatic N) is 2. The summed E-state index contributed by atoms with van der Waals surface area (Å²) in [5.41, 5.74) is 1.63. The number of methoxy groups -OCH3 is 1. The number of hydrogen-bond donors (Lipinski definition) is 2. The van der Waals surface area contributed by atoms with Crippen molar-refractivity contribution in [1.82, 2.24) is 15.2 Å². The van der Waals surface area contributed by atoms with Crippen LogP contribution in [0, 0.1) is 0 Å². The molecule has 1 aromatic carbocycles. The van der Waals surface area contributed by atoms with Crippen LogP contribution in [-0.4, -0.2) is 48.0 Å². The van der Waals surface area contributed by atoms with Gasteiger partial charge in [0.2, 0.25) is 5.91 Å². The third-order valence-electron chi connectivity index (χ3n) is 3.56. The van der Waals surface area contributed by atoms with Gasteiger partial charge < -0.3 is 14.8 Å². The highest BCUT2D eigenvalue weighted by Gasteiger charge is 2.27. The fraction of sp³-hybridized carbons (Fsp3) is 0.438. The van der Waals surface area contributed by atoms with Gasteiger partial charge in [0.25, 0.3) is 0 Å². The van der Waals surface area contributed by atoms with Crippen molar-refractivity contribution in [3.05, 3.63) is 30.1 Å². The fourth-order valence-electron chi connectivity index (χ4n) is 2.15. The number of amides is 1. The number of hydrogen-bond acceptors (Lipinski definition) is 5. The zero-order valence-electron chi connectivity index (χ0n) is 13.0. The van der Waals surface area contributed by atoms with E-state index in [0.29, 0.717) is 30.6 Å². The Bertz CT molecular complexity index is 650. The molecule has 0 saturated heterocycles. The van der Waals surface area contributed by atoms with E-state index < -0.39 is 0 Å². The first kappa shape index (κ1) is 15.6. The van der Waals surface area contributed by atoms with Crippen molar-refractivity contribution in [2.45, 2.75) is 18.8 Å². The molecule has 1 amide bonds. The predicted octanol–water partition coefficient (Wildman–Crippen LogP) is 1.95. The van der Waals surface area contributed by atoms with Gasteiger partial charge in [0.1, 0.15) is 12.4 Å². The minimum atomic E-state index is -0.192. The lowest BCUT2D eigenvalue weighted by atomic mass is 10.2. The molecule has 7 nitrogen and oxygen atoms in total. The summed E-state index contributed by atoms with van der Waals surface area (Å²) >= 11 is 0. The highest BCUT2D eigenvalue weighted by atomic mass is 16.5. The Morgan fingerprint density at radius 2 is 2.09 bits per heavy atom. The monoisotopic (exact) mass is 316 g/mol. The number of nitrogens with one attached hydrogen (secondary N) is 2. The van der Waals surface area contributed by atoms with Crippen molar-refractivity contribution >= 4 is 11.6 Å². The second-order valence-corrected chi connectivity index (χ2v) is 5.49. The molecule has 7 heteroatoms. The minimum Gasteiger partial charge on any atom is -0.382 e. The van der Waals surface area contributed by atoms with Gasteiger partial charge in [-0.05, 0) is 37.1 Å². The van der Waals surface area contributed by atoms with Crippen molar-refractivity contribution < 1.29 is 14.3 Å². The third kappa shape index (κ3) is 4.37. The average Bonchev–Trinajstić information content (AvgIpc) is 3.30. The highest BCUT2D eigenvalue weighted by Crippen LogP contribution is 2.38. The Kier molecular flexibility index (Phi) is 4.99. The zero-order chi connectivity index (χ0) is 16.1. The third-order valence-corrected chi connectivity index (χ3v) is 3.56. The van der Waals surface area contributed by atoms with E-state index in [9.17, 15) is 4.79 Å². The summed E-state index contributed by atoms with van der Waals surface area (Å²) in [4.78, 5) is 16.2. The molecular formula is C16H20N4O3. The van der Waals surface area contributed by atoms with E-state index in [4.69, 9.17) is 9.47 Å². The number of rotatable bonds is 8. The van der Waals surface area contributed by atoms with Crippen LogP contribution >= 0.6 is 0 Å². The first-order chi connectivity index (χ1) is 11.3. The quantitative estimate of drug-likeness (QED) is 0.727. The van der Waals surface area contributed by atoms with E-state index in [0.717, 1.165) is 11.4 Å². The van der Waals surface area contributed by atoms with Gasteiger partial charge in [0, 0.05) is 24.3 Å². The molecule has 0 aliphatic heterocycles. The van der Waals surface area contributed by atoms with Gasteiger partial charge in [-0.2, -0.15) is 5.10 Å². The van der Waals surface area contributed by atoms with E-state index in [-0.39, 0.29) is 12.5 Å². The van der Waals surface area contributed by atoms with Crippen LogP contribution < -0.4 is 5.32 Å². The number of aromatic nitrogens is 3. The maximum absolute atomic E-state index is 11.7. The average molecular weight is 316 g/mol. The Balaban J connectivity index is 1.52. The van der Waals surface area contributed by atoms with E-state index in [1.54, 1.807) is 7.11 Å². The fourth-order valence-corrected chi connectivity index (χ4v) is 2.15. The highest BCUT2D eigenvalue weighted by molar-refractivity contribution is 5.91. The van der Waals surface area contributed by atoms with Gasteiger partial charge in [0.05, 0.1) is 13.2 Å². The van der Waals surface area contributed by atoms with Gasteiger partial charge in [-0.1, -0.05) is 0 Å². The predicted molar refractivity (Wildman–Crippen MR) is 85.1 cm³/mol. The molecule has 3 rings (SSSR count). The first-order valence-corrected chi connectivity index (χ1v) is 7.65. The summed E-state index contributed by atoms with van der Waals surface area (Å²) in [5, 5.41) is 10.0. The molecular weight excluding hydrogens is 296 g/mol. The first-order valence-electron chi connectivity index (χ1n) is 7.65. The van der Waals surface area contributed by atoms with Gasteiger partial charge in [-0.3, -0.25) is 9.89 Å². The number of carbonyl (C=O) groups excluding carboxylic acids is 1. The van der Waals surface area contributed by atoms with Crippen LogP contribution in [-0.2, 0) is 14.3 Å². The second kappa shape index (κ2) is 7.34. The molecule has 23 heavy (non-hydrogen) atoms. The molecule has 2 N–H and O–H groups in total. The molecule has 2 aromatic rings. The van der Waals surface area contributed by atoms with Crippen molar-refractivity contribution in [3.63, 3.8) is 0 Å². The Morgan fingerprint density at radius 3 is 2.78 bits per heavy atom. The molecule has 1 aromatic heterocycles. The van der Waals surface area contributed by atoms with Crippen molar-refractivity contribution in [3.8, 4) is 11.4 Å². The Morgan fingerprint density at radius 1 is 1.30 bits per heavy atom. The number of benzene rings is 1. The summed E-state index contributed by atoms with van der Waals surface area (Å²) in [5.74, 6) is 2.01. The summed E-state index contributed by atoms with van der Waals surface area (Å²) < 4.78 is 10.0. The van der Waals surface area contributed by atoms with Crippen LogP contribution in [0.2, 0.25) is 0 Å². The van der Waals surface area contributed by atoms with Gasteiger partial charge >= 0.3 is 0 Å². The number of ether oxygens (including phenoxy) is 2. The van der Waals surface area contributed by atoms with E-state index in [1.807, 2.05) is 24.3 Å². The van der Waals surface area contributed by atoms with Gasteiger partial charge in [-0.15, -0.1) is 0 Å². The van der Waals surface area contributed by atoms with Crippen molar-refractivity contribution in [2.24, 2.45) is 0 Å². The summed E-state index contributed by atoms with van der Waals surface area (Å²) in [6, 6.07) is 7.44. The number of aromatic amines is 1. The lowest BCUT2D eigenvalue weighted by Gasteiger charge is -2.06. The second-order valence-electron chi connectivity index (χ2n) is 5.49. The standard InChI is InChI=1S/C16H20N4O3/c1-22-8-9-23-10-14(21)17-13-6-4-12(5-7-13)16-18-15(19-20-16)11-2-3-11/h4-7,11H,2-3,8-10H2,1H3,(H,17,21)(H,18,19,20). The minimum absolute atomic E-state index is 0.0107. The maximum Gasteiger partial charge on any atom is 0.250 e. The van der Waals surface area contributed by atoms with Crippen LogP contribution in [0.15, 0.2) is 24.3 Å². The number of carbonyl (C=O) groups is 1. The maximum atomic E-state index is 11.7. The Labute approximate surface area is 134 Å². The molecule has 1 fully saturated rings. The van der Waals surface area contributed by atoms with Crippen molar-refractivity contribution in [1.29, 1.82) is 0 Å². The summed E-state index contributed by atoms with van der Waals surface area (Å²) in [6.07, 6.45) is 2.37. The van der Waals surface area contributed by atoms with E-state index >= 15 is 0 Å². The van der Waals surface area contributed by atoms with Crippen LogP contribution in [0.5, 0.6) is 0 Å². The molecule has 0 unspecified atom stereocenters. The molecule has 0 spiro atoms. The van der Waals surface area contributed by atoms with Crippen LogP contribution in [0.4, 0.5) is 5.69 Å². The lowest BCUT2D eigenvalue weighted by molar-refractivity contribution is -0.121. The van der Waals surface area contributed by atoms with E-state index in [1.165, 1.54) is 12.8 Å². The lowest BCUT2D eigenvalue weighted by Crippen LogP contribution is -2.19. The van der Waals surface area contributed by atoms with Crippen LogP contribution in [0.25, 0.3) is 11.4 Å². The topological polar surface area (TPSA) is 89.1 Å². The molecule has 1 aliphatic carbocycles. The molecule has 1 heterocycles. The molecule has 0 radical (unpaired) electrons. The SMILES string of the molecule is COCCOCC(=O)Nc1ccc(-c2n[nH]c(C3CC3)n2)cc1. The smallest absolute Gasteiger partial charge is 0.250 e. The number of anilines is 1. The normalized spacial score (nSPS) is 14.0. The Hall–Kier alpha value is -2.25. The summed E-state index contributed by atoms with van der Waals surface area (Å²) in [7, 11) is 1.59. The molecule has 0 bridgehead atoms. The van der Waals surface area contributed by atoms with Gasteiger partial charge in [0.15, 0.2) is 5.82 Å². The van der Waals surface area contributed by atoms with Crippen LogP contribution in [0.1, 0.15) is 24.6 Å². The van der Waals surface area contributed by atoms with Crippen LogP contribution in [0.3, 0.4) is 0 Å². The molecule has 1 saturated carbocycles. The van der Waals surface area contributed by atoms with Gasteiger partial charge in [-0.25, -0.2) is 4.98 Å². The van der Waals surface area contributed by atoms with Crippen molar-refractivity contribution in [2.75, 3.05) is 32.2 Å². The molecule has 1 aliphatic rings. The zero-order valence-corrected chi connectivity index (χ0v) is 13.0. The number of H-pyrrole nitrogens is 1.